The number of aliphatic imine (C=N–C) groups is 1. The molecule has 7 nitrogen and oxygen atoms in total. The van der Waals surface area contributed by atoms with E-state index in [2.05, 4.69) is 26.3 Å². The van der Waals surface area contributed by atoms with Gasteiger partial charge in [-0.3, -0.25) is 9.59 Å². The monoisotopic (exact) mass is 515 g/mol. The van der Waals surface area contributed by atoms with E-state index in [1.807, 2.05) is 45.0 Å². The Bertz CT molecular complexity index is 691. The summed E-state index contributed by atoms with van der Waals surface area (Å²) in [5.74, 6) is 1.01. The summed E-state index contributed by atoms with van der Waals surface area (Å²) in [6, 6.07) is 7.68. The highest BCUT2D eigenvalue weighted by Gasteiger charge is 2.28. The van der Waals surface area contributed by atoms with Gasteiger partial charge >= 0.3 is 0 Å². The molecule has 1 aromatic carbocycles. The molecule has 1 fully saturated rings. The molecular weight excluding hydrogens is 481 g/mol. The maximum Gasteiger partial charge on any atom is 0.251 e. The zero-order valence-electron chi connectivity index (χ0n) is 17.6. The van der Waals surface area contributed by atoms with Crippen LogP contribution in [0.3, 0.4) is 0 Å². The maximum absolute atomic E-state index is 12.3. The van der Waals surface area contributed by atoms with Crippen molar-refractivity contribution in [2.24, 2.45) is 10.9 Å². The normalized spacial score (nSPS) is 14.4. The molecule has 1 unspecified atom stereocenters. The van der Waals surface area contributed by atoms with Gasteiger partial charge in [-0.2, -0.15) is 0 Å². The highest BCUT2D eigenvalue weighted by Crippen LogP contribution is 2.28. The Morgan fingerprint density at radius 1 is 1.14 bits per heavy atom. The van der Waals surface area contributed by atoms with Crippen LogP contribution in [0.5, 0.6) is 0 Å². The van der Waals surface area contributed by atoms with E-state index in [1.54, 1.807) is 0 Å². The predicted molar refractivity (Wildman–Crippen MR) is 128 cm³/mol. The van der Waals surface area contributed by atoms with E-state index in [4.69, 9.17) is 0 Å². The smallest absolute Gasteiger partial charge is 0.251 e. The number of benzene rings is 1. The summed E-state index contributed by atoms with van der Waals surface area (Å²) in [6.45, 7) is 8.45. The van der Waals surface area contributed by atoms with Gasteiger partial charge in [0, 0.05) is 37.2 Å². The fourth-order valence-electron chi connectivity index (χ4n) is 2.59. The molecule has 1 saturated carbocycles. The van der Waals surface area contributed by atoms with Crippen molar-refractivity contribution in [2.45, 2.75) is 52.6 Å². The summed E-state index contributed by atoms with van der Waals surface area (Å²) >= 11 is 0. The third-order valence-corrected chi connectivity index (χ3v) is 4.61. The van der Waals surface area contributed by atoms with Crippen LogP contribution >= 0.6 is 24.0 Å². The predicted octanol–water partition coefficient (Wildman–Crippen LogP) is 2.41. The van der Waals surface area contributed by atoms with E-state index in [1.165, 1.54) is 0 Å². The number of hydrogen-bond donors (Lipinski definition) is 4. The average molecular weight is 515 g/mol. The van der Waals surface area contributed by atoms with Crippen LogP contribution in [0.25, 0.3) is 0 Å². The van der Waals surface area contributed by atoms with Crippen LogP contribution in [0.1, 0.15) is 56.0 Å². The van der Waals surface area contributed by atoms with Gasteiger partial charge in [0.2, 0.25) is 5.91 Å². The van der Waals surface area contributed by atoms with Crippen LogP contribution in [0.2, 0.25) is 0 Å². The number of guanidine groups is 1. The fourth-order valence-corrected chi connectivity index (χ4v) is 2.59. The zero-order chi connectivity index (χ0) is 20.4. The Morgan fingerprint density at radius 3 is 2.52 bits per heavy atom. The Hall–Kier alpha value is -1.84. The summed E-state index contributed by atoms with van der Waals surface area (Å²) in [5.41, 5.74) is 1.62. The lowest BCUT2D eigenvalue weighted by atomic mass is 10.1. The standard InChI is InChI=1S/C21H33N5O2.HI/c1-4-15(3)26-20(28)18-8-6-7-16(13-18)14-25-21(22-5-2)24-12-11-23-19(27)17-9-10-17;/h6-8,13,15,17H,4-5,9-12,14H2,1-3H3,(H,23,27)(H,26,28)(H2,22,24,25);1H. The summed E-state index contributed by atoms with van der Waals surface area (Å²) in [4.78, 5) is 28.5. The van der Waals surface area contributed by atoms with Gasteiger partial charge in [-0.25, -0.2) is 4.99 Å². The van der Waals surface area contributed by atoms with E-state index in [0.29, 0.717) is 31.2 Å². The number of carbonyl (C=O) groups is 2. The molecule has 8 heteroatoms. The molecule has 0 radical (unpaired) electrons. The second kappa shape index (κ2) is 13.4. The molecule has 162 valence electrons. The Kier molecular flexibility index (Phi) is 11.6. The molecule has 4 N–H and O–H groups in total. The van der Waals surface area contributed by atoms with E-state index >= 15 is 0 Å². The topological polar surface area (TPSA) is 94.6 Å². The van der Waals surface area contributed by atoms with Crippen molar-refractivity contribution in [1.29, 1.82) is 0 Å². The fraction of sp³-hybridized carbons (Fsp3) is 0.571. The molecule has 0 spiro atoms. The number of rotatable bonds is 10. The average Bonchev–Trinajstić information content (AvgIpc) is 3.54. The van der Waals surface area contributed by atoms with Crippen LogP contribution in [0.15, 0.2) is 29.3 Å². The molecule has 0 heterocycles. The molecule has 0 aromatic heterocycles. The van der Waals surface area contributed by atoms with Crippen LogP contribution in [-0.4, -0.2) is 43.5 Å². The van der Waals surface area contributed by atoms with Crippen LogP contribution < -0.4 is 21.3 Å². The second-order valence-corrected chi connectivity index (χ2v) is 7.17. The van der Waals surface area contributed by atoms with Crippen LogP contribution in [-0.2, 0) is 11.3 Å². The first kappa shape index (κ1) is 25.2. The van der Waals surface area contributed by atoms with Gasteiger partial charge in [0.05, 0.1) is 6.54 Å². The highest BCUT2D eigenvalue weighted by molar-refractivity contribution is 14.0. The molecule has 1 aromatic rings. The van der Waals surface area contributed by atoms with Crippen LogP contribution in [0, 0.1) is 5.92 Å². The molecule has 1 aliphatic rings. The first-order valence-corrected chi connectivity index (χ1v) is 10.2. The third-order valence-electron chi connectivity index (χ3n) is 4.61. The van der Waals surface area contributed by atoms with Gasteiger partial charge < -0.3 is 21.3 Å². The Balaban J connectivity index is 0.00000420. The number of nitrogens with zero attached hydrogens (tertiary/aromatic N) is 1. The van der Waals surface area contributed by atoms with Crippen molar-refractivity contribution < 1.29 is 9.59 Å². The minimum absolute atomic E-state index is 0. The molecule has 2 amide bonds. The summed E-state index contributed by atoms with van der Waals surface area (Å²) in [6.07, 6.45) is 2.92. The number of nitrogens with one attached hydrogen (secondary N) is 4. The molecule has 0 aliphatic heterocycles. The Labute approximate surface area is 190 Å². The van der Waals surface area contributed by atoms with Crippen molar-refractivity contribution in [3.8, 4) is 0 Å². The third kappa shape index (κ3) is 9.47. The number of halogens is 1. The largest absolute Gasteiger partial charge is 0.357 e. The van der Waals surface area contributed by atoms with E-state index in [-0.39, 0.29) is 47.8 Å². The number of carbonyl (C=O) groups excluding carboxylic acids is 2. The van der Waals surface area contributed by atoms with Gasteiger partial charge in [0.1, 0.15) is 0 Å². The molecule has 0 bridgehead atoms. The van der Waals surface area contributed by atoms with Gasteiger partial charge in [0.15, 0.2) is 5.96 Å². The lowest BCUT2D eigenvalue weighted by molar-refractivity contribution is -0.122. The first-order chi connectivity index (χ1) is 13.5. The number of hydrogen-bond acceptors (Lipinski definition) is 3. The van der Waals surface area contributed by atoms with Crippen molar-refractivity contribution in [3.63, 3.8) is 0 Å². The second-order valence-electron chi connectivity index (χ2n) is 7.17. The first-order valence-electron chi connectivity index (χ1n) is 10.2. The maximum atomic E-state index is 12.3. The summed E-state index contributed by atoms with van der Waals surface area (Å²) < 4.78 is 0. The molecular formula is C21H34IN5O2. The lowest BCUT2D eigenvalue weighted by Gasteiger charge is -2.13. The lowest BCUT2D eigenvalue weighted by Crippen LogP contribution is -2.41. The molecule has 2 rings (SSSR count). The number of amides is 2. The van der Waals surface area contributed by atoms with Crippen molar-refractivity contribution in [3.05, 3.63) is 35.4 Å². The Morgan fingerprint density at radius 2 is 1.86 bits per heavy atom. The highest BCUT2D eigenvalue weighted by atomic mass is 127. The summed E-state index contributed by atoms with van der Waals surface area (Å²) in [5, 5.41) is 12.3. The minimum atomic E-state index is -0.0587. The van der Waals surface area contributed by atoms with Crippen molar-refractivity contribution >= 4 is 41.8 Å². The molecule has 1 atom stereocenters. The van der Waals surface area contributed by atoms with Gasteiger partial charge in [-0.05, 0) is 50.8 Å². The molecule has 1 aliphatic carbocycles. The van der Waals surface area contributed by atoms with Gasteiger partial charge in [-0.15, -0.1) is 24.0 Å². The van der Waals surface area contributed by atoms with E-state index in [0.717, 1.165) is 31.4 Å². The van der Waals surface area contributed by atoms with Crippen LogP contribution in [0.4, 0.5) is 0 Å². The molecule has 0 saturated heterocycles. The van der Waals surface area contributed by atoms with Gasteiger partial charge in [-0.1, -0.05) is 19.1 Å². The van der Waals surface area contributed by atoms with Gasteiger partial charge in [0.25, 0.3) is 5.91 Å². The van der Waals surface area contributed by atoms with Crippen molar-refractivity contribution in [2.75, 3.05) is 19.6 Å². The minimum Gasteiger partial charge on any atom is -0.357 e. The molecule has 29 heavy (non-hydrogen) atoms. The SMILES string of the molecule is CCNC(=NCc1cccc(C(=O)NC(C)CC)c1)NCCNC(=O)C1CC1.I. The van der Waals surface area contributed by atoms with Crippen molar-refractivity contribution in [1.82, 2.24) is 21.3 Å². The summed E-state index contributed by atoms with van der Waals surface area (Å²) in [7, 11) is 0. The van der Waals surface area contributed by atoms with E-state index in [9.17, 15) is 9.59 Å². The zero-order valence-corrected chi connectivity index (χ0v) is 19.9. The quantitative estimate of drug-likeness (QED) is 0.167. The van der Waals surface area contributed by atoms with E-state index < -0.39 is 0 Å².